The lowest BCUT2D eigenvalue weighted by atomic mass is 10.1. The second kappa shape index (κ2) is 32.1. The SMILES string of the molecule is O=C(Oc1cc(OC(=O)c2ccc(C=Cc3ccc(OCCC4CO4)cc3)cc2)c(OC(=O)c2ccc(C=Cc3ccc(OCCC4CO4)cc3)cc2)cc1OC(=O)c1ccc(C=Cc2ccc(OCCC3CO3)cc2)cc1)c1ccc(C=Cc2ccc(OCCC3CO3)cc2)cc1. The van der Waals surface area contributed by atoms with Crippen molar-refractivity contribution in [2.75, 3.05) is 52.9 Å². The number of hydrogen-bond acceptors (Lipinski definition) is 16. The highest BCUT2D eigenvalue weighted by molar-refractivity contribution is 5.96. The normalized spacial score (nSPS) is 16.6. The maximum absolute atomic E-state index is 14.3. The van der Waals surface area contributed by atoms with E-state index in [4.69, 9.17) is 56.8 Å². The third-order valence-corrected chi connectivity index (χ3v) is 16.2. The first-order chi connectivity index (χ1) is 48.1. The van der Waals surface area contributed by atoms with Crippen LogP contribution in [-0.2, 0) is 18.9 Å². The number of ether oxygens (including phenoxy) is 12. The Morgan fingerprint density at radius 1 is 0.265 bits per heavy atom. The van der Waals surface area contributed by atoms with E-state index in [1.54, 1.807) is 97.1 Å². The van der Waals surface area contributed by atoms with Gasteiger partial charge in [0.05, 0.1) is 99.5 Å². The topological polar surface area (TPSA) is 192 Å². The Morgan fingerprint density at radius 3 is 0.592 bits per heavy atom. The Balaban J connectivity index is 0.748. The molecule has 4 aliphatic rings. The predicted octanol–water partition coefficient (Wildman–Crippen LogP) is 15.9. The molecule has 0 spiro atoms. The largest absolute Gasteiger partial charge is 0.493 e. The number of rotatable bonds is 32. The molecule has 9 aromatic rings. The predicted molar refractivity (Wildman–Crippen MR) is 373 cm³/mol. The van der Waals surface area contributed by atoms with Gasteiger partial charge >= 0.3 is 23.9 Å². The molecule has 494 valence electrons. The van der Waals surface area contributed by atoms with E-state index in [1.807, 2.05) is 146 Å². The van der Waals surface area contributed by atoms with Gasteiger partial charge in [-0.05, 0) is 142 Å². The van der Waals surface area contributed by atoms with Crippen molar-refractivity contribution in [2.24, 2.45) is 0 Å². The van der Waals surface area contributed by atoms with Gasteiger partial charge in [0.25, 0.3) is 0 Å². The molecule has 4 saturated heterocycles. The molecule has 98 heavy (non-hydrogen) atoms. The molecule has 4 unspecified atom stereocenters. The molecule has 4 heterocycles. The number of carbonyl (C=O) groups excluding carboxylic acids is 4. The summed E-state index contributed by atoms with van der Waals surface area (Å²) in [6.45, 7) is 5.47. The molecule has 13 rings (SSSR count). The summed E-state index contributed by atoms with van der Waals surface area (Å²) in [4.78, 5) is 57.1. The summed E-state index contributed by atoms with van der Waals surface area (Å²) >= 11 is 0. The van der Waals surface area contributed by atoms with Crippen molar-refractivity contribution in [2.45, 2.75) is 50.1 Å². The Kier molecular flexibility index (Phi) is 21.4. The third kappa shape index (κ3) is 20.0. The van der Waals surface area contributed by atoms with Gasteiger partial charge in [-0.3, -0.25) is 0 Å². The van der Waals surface area contributed by atoms with Crippen LogP contribution in [0.4, 0.5) is 0 Å². The lowest BCUT2D eigenvalue weighted by molar-refractivity contribution is 0.0663. The molecule has 0 N–H and O–H groups in total. The van der Waals surface area contributed by atoms with Gasteiger partial charge in [0.2, 0.25) is 0 Å². The zero-order chi connectivity index (χ0) is 66.8. The van der Waals surface area contributed by atoms with Crippen molar-refractivity contribution in [3.8, 4) is 46.0 Å². The highest BCUT2D eigenvalue weighted by Crippen LogP contribution is 2.42. The van der Waals surface area contributed by atoms with Crippen LogP contribution >= 0.6 is 0 Å². The zero-order valence-electron chi connectivity index (χ0n) is 53.6. The first-order valence-corrected chi connectivity index (χ1v) is 32.7. The van der Waals surface area contributed by atoms with Crippen molar-refractivity contribution in [3.63, 3.8) is 0 Å². The van der Waals surface area contributed by atoms with Gasteiger partial charge in [-0.25, -0.2) is 19.2 Å². The van der Waals surface area contributed by atoms with Crippen LogP contribution in [0.25, 0.3) is 48.6 Å². The lowest BCUT2D eigenvalue weighted by Crippen LogP contribution is -2.16. The van der Waals surface area contributed by atoms with Crippen LogP contribution in [0.2, 0.25) is 0 Å². The number of esters is 4. The van der Waals surface area contributed by atoms with Gasteiger partial charge in [-0.2, -0.15) is 0 Å². The standard InChI is InChI=1S/C82H70O16/c83-79(63-25-9-55(10-26-63)1-5-59-17-33-67(34-18-59)87-45-41-71-51-91-71)95-75-49-77(97-81(85)65-29-13-57(14-30-65)3-7-61-21-37-69(38-22-61)89-47-43-73-53-93-73)78(98-82(86)66-31-15-58(16-32-66)4-8-62-23-39-70(40-24-62)90-48-44-74-54-94-74)50-76(75)96-80(84)64-27-11-56(12-28-64)2-6-60-19-35-68(36-20-60)88-46-42-72-52-92-72/h1-40,49-50,71-74H,41-48,51-54H2. The van der Waals surface area contributed by atoms with Gasteiger partial charge in [-0.1, -0.05) is 146 Å². The van der Waals surface area contributed by atoms with E-state index in [0.717, 1.165) is 120 Å². The van der Waals surface area contributed by atoms with E-state index < -0.39 is 23.9 Å². The average Bonchev–Trinajstić information content (AvgIpc) is 1.54. The molecule has 16 heteroatoms. The maximum atomic E-state index is 14.3. The molecule has 0 aromatic heterocycles. The van der Waals surface area contributed by atoms with Gasteiger partial charge in [0.1, 0.15) is 23.0 Å². The first kappa shape index (κ1) is 65.5. The van der Waals surface area contributed by atoms with E-state index >= 15 is 0 Å². The van der Waals surface area contributed by atoms with Crippen molar-refractivity contribution in [3.05, 3.63) is 273 Å². The van der Waals surface area contributed by atoms with Gasteiger partial charge in [0, 0.05) is 37.8 Å². The molecule has 4 atom stereocenters. The number of epoxide rings is 4. The molecule has 16 nitrogen and oxygen atoms in total. The average molecular weight is 1310 g/mol. The van der Waals surface area contributed by atoms with Crippen molar-refractivity contribution in [1.29, 1.82) is 0 Å². The molecule has 0 radical (unpaired) electrons. The minimum Gasteiger partial charge on any atom is -0.493 e. The van der Waals surface area contributed by atoms with Crippen LogP contribution in [0.3, 0.4) is 0 Å². The molecule has 0 bridgehead atoms. The fraction of sp³-hybridized carbons (Fsp3) is 0.195. The van der Waals surface area contributed by atoms with E-state index in [-0.39, 0.29) is 45.3 Å². The summed E-state index contributed by atoms with van der Waals surface area (Å²) in [6, 6.07) is 60.1. The zero-order valence-corrected chi connectivity index (χ0v) is 53.6. The second-order valence-electron chi connectivity index (χ2n) is 23.8. The molecule has 0 saturated carbocycles. The minimum absolute atomic E-state index is 0.144. The van der Waals surface area contributed by atoms with Crippen LogP contribution in [0.15, 0.2) is 206 Å². The minimum atomic E-state index is -0.840. The van der Waals surface area contributed by atoms with Crippen LogP contribution in [0.5, 0.6) is 46.0 Å². The highest BCUT2D eigenvalue weighted by atomic mass is 16.6. The van der Waals surface area contributed by atoms with Gasteiger partial charge in [0.15, 0.2) is 23.0 Å². The summed E-state index contributed by atoms with van der Waals surface area (Å²) in [5, 5.41) is 0. The van der Waals surface area contributed by atoms with Crippen LogP contribution < -0.4 is 37.9 Å². The molecular weight excluding hydrogens is 1240 g/mol. The van der Waals surface area contributed by atoms with E-state index in [1.165, 1.54) is 12.1 Å². The Bertz CT molecular complexity index is 3760. The quantitative estimate of drug-likeness (QED) is 0.0167. The van der Waals surface area contributed by atoms with Crippen molar-refractivity contribution >= 4 is 72.5 Å². The molecule has 4 aliphatic heterocycles. The maximum Gasteiger partial charge on any atom is 0.343 e. The van der Waals surface area contributed by atoms with Crippen molar-refractivity contribution < 1.29 is 76.0 Å². The Hall–Kier alpha value is -11.1. The van der Waals surface area contributed by atoms with E-state index in [0.29, 0.717) is 50.8 Å². The summed E-state index contributed by atoms with van der Waals surface area (Å²) in [7, 11) is 0. The van der Waals surface area contributed by atoms with Gasteiger partial charge in [-0.15, -0.1) is 0 Å². The smallest absolute Gasteiger partial charge is 0.343 e. The number of benzene rings is 9. The molecule has 4 fully saturated rings. The number of carbonyl (C=O) groups is 4. The van der Waals surface area contributed by atoms with Crippen LogP contribution in [0, 0.1) is 0 Å². The van der Waals surface area contributed by atoms with Crippen LogP contribution in [0.1, 0.15) is 112 Å². The fourth-order valence-electron chi connectivity index (χ4n) is 10.0. The molecular formula is C82H70O16. The van der Waals surface area contributed by atoms with Crippen molar-refractivity contribution in [1.82, 2.24) is 0 Å². The molecule has 9 aromatic carbocycles. The second-order valence-corrected chi connectivity index (χ2v) is 23.8. The fourth-order valence-corrected chi connectivity index (χ4v) is 10.0. The first-order valence-electron chi connectivity index (χ1n) is 32.7. The summed E-state index contributed by atoms with van der Waals surface area (Å²) in [6.07, 6.45) is 20.0. The Labute approximate surface area is 567 Å². The van der Waals surface area contributed by atoms with Crippen LogP contribution in [-0.4, -0.2) is 101 Å². The molecule has 0 amide bonds. The molecule has 0 aliphatic carbocycles. The van der Waals surface area contributed by atoms with E-state index in [2.05, 4.69) is 0 Å². The third-order valence-electron chi connectivity index (χ3n) is 16.2. The Morgan fingerprint density at radius 2 is 0.429 bits per heavy atom. The monoisotopic (exact) mass is 1310 g/mol. The van der Waals surface area contributed by atoms with E-state index in [9.17, 15) is 19.2 Å². The highest BCUT2D eigenvalue weighted by Gasteiger charge is 2.27. The summed E-state index contributed by atoms with van der Waals surface area (Å²) in [5.41, 5.74) is 7.52. The summed E-state index contributed by atoms with van der Waals surface area (Å²) in [5.74, 6) is -1.60. The lowest BCUT2D eigenvalue weighted by Gasteiger charge is -2.16. The number of hydrogen-bond donors (Lipinski definition) is 0. The summed E-state index contributed by atoms with van der Waals surface area (Å²) < 4.78 is 68.8. The van der Waals surface area contributed by atoms with Gasteiger partial charge < -0.3 is 56.8 Å².